The number of fused-ring (bicyclic) bond motifs is 1. The van der Waals surface area contributed by atoms with Crippen LogP contribution in [0.5, 0.6) is 0 Å². The highest BCUT2D eigenvalue weighted by molar-refractivity contribution is 6.04. The molecule has 192 valence electrons. The first kappa shape index (κ1) is 25.0. The summed E-state index contributed by atoms with van der Waals surface area (Å²) in [5, 5.41) is 34.3. The third-order valence-electron chi connectivity index (χ3n) is 6.80. The molecule has 2 heterocycles. The number of amides is 1. The van der Waals surface area contributed by atoms with E-state index >= 15 is 0 Å². The molecule has 2 atom stereocenters. The average molecular weight is 502 g/mol. The summed E-state index contributed by atoms with van der Waals surface area (Å²) in [5.41, 5.74) is 4.35. The molecule has 0 radical (unpaired) electrons. The molecule has 0 spiro atoms. The molecule has 1 fully saturated rings. The third kappa shape index (κ3) is 5.70. The van der Waals surface area contributed by atoms with E-state index in [1.165, 1.54) is 5.56 Å². The maximum atomic E-state index is 12.9. The summed E-state index contributed by atoms with van der Waals surface area (Å²) in [6.07, 6.45) is 0. The molecule has 2 aliphatic heterocycles. The fourth-order valence-electron chi connectivity index (χ4n) is 4.48. The summed E-state index contributed by atoms with van der Waals surface area (Å²) in [6.45, 7) is 6.97. The largest absolute Gasteiger partial charge is 0.621 e. The highest BCUT2D eigenvalue weighted by Gasteiger charge is 2.28. The number of hydrogen-bond donors (Lipinski definition) is 4. The lowest BCUT2D eigenvalue weighted by Crippen LogP contribution is -3.14. The summed E-state index contributed by atoms with van der Waals surface area (Å²) >= 11 is 0. The van der Waals surface area contributed by atoms with E-state index in [2.05, 4.69) is 32.6 Å². The number of anilines is 2. The van der Waals surface area contributed by atoms with Crippen molar-refractivity contribution in [3.05, 3.63) is 93.8 Å². The zero-order chi connectivity index (χ0) is 25.9. The number of hydrogen-bond acceptors (Lipinski definition) is 7. The van der Waals surface area contributed by atoms with E-state index in [9.17, 15) is 15.2 Å². The van der Waals surface area contributed by atoms with Crippen LogP contribution in [0.2, 0.25) is 0 Å². The molecule has 2 aliphatic rings. The molecular weight excluding hydrogens is 470 g/mol. The van der Waals surface area contributed by atoms with Crippen molar-refractivity contribution < 1.29 is 15.0 Å². The van der Waals surface area contributed by atoms with Crippen molar-refractivity contribution in [3.8, 4) is 0 Å². The molecular formula is C27H31N7O3. The van der Waals surface area contributed by atoms with Crippen LogP contribution in [0.4, 0.5) is 22.7 Å². The number of likely N-dealkylation sites (N-methyl/N-ethyl adjacent to an activating group) is 1. The summed E-state index contributed by atoms with van der Waals surface area (Å²) < 4.78 is 0. The van der Waals surface area contributed by atoms with Gasteiger partial charge in [-0.2, -0.15) is 5.17 Å². The lowest BCUT2D eigenvalue weighted by Gasteiger charge is -2.32. The van der Waals surface area contributed by atoms with E-state index in [1.807, 2.05) is 37.3 Å². The van der Waals surface area contributed by atoms with Crippen molar-refractivity contribution in [1.29, 1.82) is 0 Å². The van der Waals surface area contributed by atoms with Crippen LogP contribution in [0, 0.1) is 17.3 Å². The number of piperazine rings is 1. The van der Waals surface area contributed by atoms with E-state index < -0.39 is 5.17 Å². The number of para-hydroxylation sites is 1. The molecule has 10 heteroatoms. The molecule has 0 aliphatic carbocycles. The number of carbonyl (C=O) groups excluding carboxylic acids is 1. The fraction of sp³-hybridized carbons (Fsp3) is 0.259. The van der Waals surface area contributed by atoms with Gasteiger partial charge in [0.1, 0.15) is 0 Å². The van der Waals surface area contributed by atoms with Crippen LogP contribution in [0.3, 0.4) is 0 Å². The van der Waals surface area contributed by atoms with Crippen LogP contribution in [0.25, 0.3) is 0 Å². The lowest BCUT2D eigenvalue weighted by molar-refractivity contribution is -0.812. The molecule has 1 saturated heterocycles. The van der Waals surface area contributed by atoms with Crippen molar-refractivity contribution >= 4 is 34.6 Å². The third-order valence-corrected chi connectivity index (χ3v) is 6.80. The molecule has 2 unspecified atom stereocenters. The molecule has 37 heavy (non-hydrogen) atoms. The molecule has 5 rings (SSSR count). The van der Waals surface area contributed by atoms with Gasteiger partial charge in [-0.3, -0.25) is 20.1 Å². The highest BCUT2D eigenvalue weighted by atomic mass is 16.5. The Bertz CT molecular complexity index is 1300. The molecule has 0 aromatic heterocycles. The van der Waals surface area contributed by atoms with Gasteiger partial charge >= 0.3 is 5.96 Å². The van der Waals surface area contributed by atoms with Crippen molar-refractivity contribution in [2.24, 2.45) is 5.10 Å². The van der Waals surface area contributed by atoms with Gasteiger partial charge in [-0.15, -0.1) is 0 Å². The van der Waals surface area contributed by atoms with E-state index in [1.54, 1.807) is 36.4 Å². The van der Waals surface area contributed by atoms with Crippen molar-refractivity contribution in [3.63, 3.8) is 0 Å². The Labute approximate surface area is 215 Å². The van der Waals surface area contributed by atoms with Gasteiger partial charge in [0.25, 0.3) is 5.91 Å². The van der Waals surface area contributed by atoms with E-state index in [-0.39, 0.29) is 16.9 Å². The zero-order valence-corrected chi connectivity index (χ0v) is 21.0. The predicted molar refractivity (Wildman–Crippen MR) is 144 cm³/mol. The summed E-state index contributed by atoms with van der Waals surface area (Å²) in [6, 6.07) is 19.7. The number of carbonyl (C=O) groups is 1. The number of nitrogens with zero attached hydrogens (tertiary/aromatic N) is 3. The van der Waals surface area contributed by atoms with Gasteiger partial charge in [0.05, 0.1) is 0 Å². The highest BCUT2D eigenvalue weighted by Crippen LogP contribution is 2.22. The lowest BCUT2D eigenvalue weighted by atomic mass is 10.1. The Morgan fingerprint density at radius 1 is 0.973 bits per heavy atom. The van der Waals surface area contributed by atoms with Crippen molar-refractivity contribution in [1.82, 2.24) is 9.80 Å². The second-order valence-electron chi connectivity index (χ2n) is 9.53. The minimum atomic E-state index is -0.462. The Morgan fingerprint density at radius 2 is 1.68 bits per heavy atom. The Hall–Kier alpha value is -3.64. The van der Waals surface area contributed by atoms with E-state index in [4.69, 9.17) is 0 Å². The fourth-order valence-corrected chi connectivity index (χ4v) is 4.48. The minimum Gasteiger partial charge on any atom is -0.621 e. The molecule has 0 bridgehead atoms. The first-order chi connectivity index (χ1) is 17.9. The standard InChI is InChI=1S/C27H31N7O3/c1-19-7-12-22(17-23(19)29-27-30-34(37)25-6-4-3-5-24(25)33(27)36)28-26(35)21-10-8-20(9-11-21)18-32-15-13-31(2)14-16-32/h3-12,17,33-34H,13-16,18H2,1-2H3,(H,28,35)(H,29,30). The maximum absolute atomic E-state index is 12.9. The van der Waals surface area contributed by atoms with E-state index in [0.29, 0.717) is 28.3 Å². The molecule has 4 N–H and O–H groups in total. The second-order valence-corrected chi connectivity index (χ2v) is 9.53. The number of hydroxylamine groups is 1. The van der Waals surface area contributed by atoms with Gasteiger partial charge in [0.15, 0.2) is 0 Å². The minimum absolute atomic E-state index is 0.0359. The van der Waals surface area contributed by atoms with Crippen LogP contribution >= 0.6 is 0 Å². The van der Waals surface area contributed by atoms with Gasteiger partial charge in [0.2, 0.25) is 11.4 Å². The van der Waals surface area contributed by atoms with Gasteiger partial charge in [0, 0.05) is 66.9 Å². The molecule has 3 aromatic carbocycles. The van der Waals surface area contributed by atoms with Crippen molar-refractivity contribution in [2.75, 3.05) is 43.9 Å². The summed E-state index contributed by atoms with van der Waals surface area (Å²) in [7, 11) is 2.14. The van der Waals surface area contributed by atoms with Gasteiger partial charge in [-0.25, -0.2) is 0 Å². The van der Waals surface area contributed by atoms with E-state index in [0.717, 1.165) is 38.3 Å². The quantitative estimate of drug-likeness (QED) is 0.393. The van der Waals surface area contributed by atoms with Crippen LogP contribution in [-0.4, -0.2) is 54.9 Å². The molecule has 10 nitrogen and oxygen atoms in total. The van der Waals surface area contributed by atoms with Gasteiger partial charge in [-0.05, 0) is 49.4 Å². The SMILES string of the molecule is Cc1ccc(NC(=O)c2ccc(CN3CCN(C)CC3)cc2)cc1NC1=N[NH+]([O-])c2ccccc2[NH+]1[O-]. The summed E-state index contributed by atoms with van der Waals surface area (Å²) in [4.78, 5) is 17.6. The molecule has 3 aromatic rings. The average Bonchev–Trinajstić information content (AvgIpc) is 2.91. The predicted octanol–water partition coefficient (Wildman–Crippen LogP) is 1.42. The molecule has 1 amide bonds. The van der Waals surface area contributed by atoms with Crippen LogP contribution < -0.4 is 20.9 Å². The normalized spacial score (nSPS) is 20.2. The maximum Gasteiger partial charge on any atom is 0.358 e. The second kappa shape index (κ2) is 10.8. The Balaban J connectivity index is 1.24. The first-order valence-corrected chi connectivity index (χ1v) is 12.3. The van der Waals surface area contributed by atoms with Crippen LogP contribution in [0.15, 0.2) is 71.8 Å². The zero-order valence-electron chi connectivity index (χ0n) is 21.0. The Morgan fingerprint density at radius 3 is 2.41 bits per heavy atom. The number of rotatable bonds is 5. The number of guanidine groups is 1. The number of nitrogens with one attached hydrogen (secondary N) is 4. The first-order valence-electron chi connectivity index (χ1n) is 12.3. The Kier molecular flexibility index (Phi) is 7.28. The topological polar surface area (TPSA) is 115 Å². The smallest absolute Gasteiger partial charge is 0.358 e. The number of quaternary nitrogens is 2. The molecule has 0 saturated carbocycles. The van der Waals surface area contributed by atoms with Gasteiger partial charge < -0.3 is 20.6 Å². The number of aryl methyl sites for hydroxylation is 1. The van der Waals surface area contributed by atoms with Crippen LogP contribution in [0.1, 0.15) is 21.5 Å². The van der Waals surface area contributed by atoms with Crippen molar-refractivity contribution in [2.45, 2.75) is 13.5 Å². The van der Waals surface area contributed by atoms with Gasteiger partial charge in [-0.1, -0.05) is 30.3 Å². The number of benzene rings is 3. The van der Waals surface area contributed by atoms with Crippen LogP contribution in [-0.2, 0) is 6.54 Å². The summed E-state index contributed by atoms with van der Waals surface area (Å²) in [5.74, 6) is -0.262. The monoisotopic (exact) mass is 501 g/mol.